The van der Waals surface area contributed by atoms with E-state index in [9.17, 15) is 9.59 Å². The lowest BCUT2D eigenvalue weighted by Gasteiger charge is -2.23. The number of amides is 1. The summed E-state index contributed by atoms with van der Waals surface area (Å²) in [5.41, 5.74) is 0. The summed E-state index contributed by atoms with van der Waals surface area (Å²) >= 11 is 0. The third-order valence-corrected chi connectivity index (χ3v) is 3.39. The molecular weight excluding hydrogens is 220 g/mol. The monoisotopic (exact) mass is 242 g/mol. The third-order valence-electron chi connectivity index (χ3n) is 3.39. The fourth-order valence-corrected chi connectivity index (χ4v) is 2.33. The second-order valence-electron chi connectivity index (χ2n) is 4.98. The summed E-state index contributed by atoms with van der Waals surface area (Å²) in [6, 6.07) is -0.371. The van der Waals surface area contributed by atoms with E-state index in [0.717, 1.165) is 19.4 Å². The first-order valence-corrected chi connectivity index (χ1v) is 6.10. The molecule has 1 aliphatic heterocycles. The number of rotatable bonds is 5. The predicted octanol–water partition coefficient (Wildman–Crippen LogP) is 0.650. The van der Waals surface area contributed by atoms with Gasteiger partial charge in [-0.05, 0) is 31.8 Å². The van der Waals surface area contributed by atoms with Crippen LogP contribution in [0, 0.1) is 5.92 Å². The lowest BCUT2D eigenvalue weighted by atomic mass is 10.0. The van der Waals surface area contributed by atoms with Gasteiger partial charge < -0.3 is 10.0 Å². The summed E-state index contributed by atoms with van der Waals surface area (Å²) in [6.45, 7) is 3.50. The van der Waals surface area contributed by atoms with Gasteiger partial charge in [0.1, 0.15) is 6.04 Å². The van der Waals surface area contributed by atoms with Gasteiger partial charge in [-0.2, -0.15) is 0 Å². The first-order valence-electron chi connectivity index (χ1n) is 6.10. The maximum Gasteiger partial charge on any atom is 0.321 e. The maximum absolute atomic E-state index is 11.4. The fraction of sp³-hybridized carbons (Fsp3) is 0.833. The van der Waals surface area contributed by atoms with Crippen LogP contribution >= 0.6 is 0 Å². The van der Waals surface area contributed by atoms with Gasteiger partial charge in [0.2, 0.25) is 5.91 Å². The minimum atomic E-state index is -0.742. The standard InChI is InChI=1S/C12H22N2O3/c1-9-6-8-14(11(9)12(16)17)7-4-5-10(15)13(2)3/h9,11H,4-8H2,1-3H3,(H,16,17). The van der Waals surface area contributed by atoms with Crippen LogP contribution < -0.4 is 0 Å². The zero-order valence-corrected chi connectivity index (χ0v) is 10.8. The summed E-state index contributed by atoms with van der Waals surface area (Å²) in [5.74, 6) is -0.435. The van der Waals surface area contributed by atoms with Gasteiger partial charge in [0.25, 0.3) is 0 Å². The van der Waals surface area contributed by atoms with Crippen molar-refractivity contribution in [2.24, 2.45) is 5.92 Å². The Labute approximate surface area is 102 Å². The molecule has 2 atom stereocenters. The van der Waals surface area contributed by atoms with Gasteiger partial charge in [-0.15, -0.1) is 0 Å². The molecule has 98 valence electrons. The third kappa shape index (κ3) is 3.70. The van der Waals surface area contributed by atoms with Crippen molar-refractivity contribution in [1.82, 2.24) is 9.80 Å². The molecule has 1 N–H and O–H groups in total. The molecule has 1 saturated heterocycles. The van der Waals surface area contributed by atoms with E-state index in [4.69, 9.17) is 5.11 Å². The Morgan fingerprint density at radius 1 is 1.41 bits per heavy atom. The van der Waals surface area contributed by atoms with Crippen LogP contribution in [0.1, 0.15) is 26.2 Å². The number of aliphatic carboxylic acids is 1. The van der Waals surface area contributed by atoms with Crippen molar-refractivity contribution in [2.75, 3.05) is 27.2 Å². The van der Waals surface area contributed by atoms with E-state index in [1.165, 1.54) is 0 Å². The molecule has 0 aromatic heterocycles. The summed E-state index contributed by atoms with van der Waals surface area (Å²) in [6.07, 6.45) is 2.15. The van der Waals surface area contributed by atoms with Crippen LogP contribution in [0.5, 0.6) is 0 Å². The Morgan fingerprint density at radius 2 is 2.06 bits per heavy atom. The number of hydrogen-bond acceptors (Lipinski definition) is 3. The summed E-state index contributed by atoms with van der Waals surface area (Å²) in [5, 5.41) is 9.13. The predicted molar refractivity (Wildman–Crippen MR) is 64.7 cm³/mol. The highest BCUT2D eigenvalue weighted by Crippen LogP contribution is 2.24. The lowest BCUT2D eigenvalue weighted by molar-refractivity contribution is -0.143. The second kappa shape index (κ2) is 6.00. The van der Waals surface area contributed by atoms with Gasteiger partial charge in [0.05, 0.1) is 0 Å². The number of carbonyl (C=O) groups excluding carboxylic acids is 1. The maximum atomic E-state index is 11.4. The molecule has 1 fully saturated rings. The van der Waals surface area contributed by atoms with Gasteiger partial charge in [-0.3, -0.25) is 14.5 Å². The molecule has 0 aromatic rings. The first kappa shape index (κ1) is 14.0. The zero-order valence-electron chi connectivity index (χ0n) is 10.8. The molecule has 1 amide bonds. The fourth-order valence-electron chi connectivity index (χ4n) is 2.33. The van der Waals surface area contributed by atoms with Crippen LogP contribution in [-0.2, 0) is 9.59 Å². The van der Waals surface area contributed by atoms with Gasteiger partial charge in [0.15, 0.2) is 0 Å². The summed E-state index contributed by atoms with van der Waals surface area (Å²) in [7, 11) is 3.47. The molecule has 5 nitrogen and oxygen atoms in total. The molecular formula is C12H22N2O3. The number of likely N-dealkylation sites (tertiary alicyclic amines) is 1. The van der Waals surface area contributed by atoms with Crippen molar-refractivity contribution >= 4 is 11.9 Å². The van der Waals surface area contributed by atoms with Crippen LogP contribution in [0.2, 0.25) is 0 Å². The van der Waals surface area contributed by atoms with Crippen LogP contribution in [0.4, 0.5) is 0 Å². The van der Waals surface area contributed by atoms with Crippen LogP contribution in [-0.4, -0.2) is 60.0 Å². The molecule has 0 spiro atoms. The van der Waals surface area contributed by atoms with Gasteiger partial charge in [-0.25, -0.2) is 0 Å². The molecule has 0 bridgehead atoms. The van der Waals surface area contributed by atoms with Crippen molar-refractivity contribution < 1.29 is 14.7 Å². The first-order chi connectivity index (χ1) is 7.93. The van der Waals surface area contributed by atoms with E-state index in [2.05, 4.69) is 0 Å². The van der Waals surface area contributed by atoms with E-state index >= 15 is 0 Å². The SMILES string of the molecule is CC1CCN(CCCC(=O)N(C)C)C1C(=O)O. The van der Waals surface area contributed by atoms with E-state index < -0.39 is 5.97 Å². The van der Waals surface area contributed by atoms with Crippen molar-refractivity contribution in [3.63, 3.8) is 0 Å². The number of carboxylic acids is 1. The average Bonchev–Trinajstić information content (AvgIpc) is 2.59. The average molecular weight is 242 g/mol. The van der Waals surface area contributed by atoms with Gasteiger partial charge >= 0.3 is 5.97 Å². The lowest BCUT2D eigenvalue weighted by Crippen LogP contribution is -2.39. The largest absolute Gasteiger partial charge is 0.480 e. The van der Waals surface area contributed by atoms with Crippen molar-refractivity contribution in [2.45, 2.75) is 32.2 Å². The molecule has 0 aliphatic carbocycles. The number of nitrogens with zero attached hydrogens (tertiary/aromatic N) is 2. The van der Waals surface area contributed by atoms with E-state index in [1.807, 2.05) is 11.8 Å². The highest BCUT2D eigenvalue weighted by molar-refractivity contribution is 5.75. The minimum Gasteiger partial charge on any atom is -0.480 e. The molecule has 5 heteroatoms. The minimum absolute atomic E-state index is 0.101. The Bertz CT molecular complexity index is 291. The normalized spacial score (nSPS) is 24.9. The smallest absolute Gasteiger partial charge is 0.321 e. The molecule has 0 saturated carbocycles. The highest BCUT2D eigenvalue weighted by Gasteiger charge is 2.36. The quantitative estimate of drug-likeness (QED) is 0.769. The Balaban J connectivity index is 2.36. The van der Waals surface area contributed by atoms with Crippen molar-refractivity contribution in [3.05, 3.63) is 0 Å². The number of hydrogen-bond donors (Lipinski definition) is 1. The molecule has 17 heavy (non-hydrogen) atoms. The van der Waals surface area contributed by atoms with Crippen molar-refractivity contribution in [1.29, 1.82) is 0 Å². The molecule has 1 heterocycles. The summed E-state index contributed by atoms with van der Waals surface area (Å²) < 4.78 is 0. The Morgan fingerprint density at radius 3 is 2.59 bits per heavy atom. The summed E-state index contributed by atoms with van der Waals surface area (Å²) in [4.78, 5) is 26.1. The van der Waals surface area contributed by atoms with E-state index in [0.29, 0.717) is 13.0 Å². The Kier molecular flexibility index (Phi) is 4.93. The van der Waals surface area contributed by atoms with Gasteiger partial charge in [0, 0.05) is 20.5 Å². The number of carboxylic acid groups (broad SMARTS) is 1. The van der Waals surface area contributed by atoms with Crippen molar-refractivity contribution in [3.8, 4) is 0 Å². The van der Waals surface area contributed by atoms with E-state index in [1.54, 1.807) is 19.0 Å². The second-order valence-corrected chi connectivity index (χ2v) is 4.98. The molecule has 0 radical (unpaired) electrons. The molecule has 2 unspecified atom stereocenters. The van der Waals surface area contributed by atoms with Gasteiger partial charge in [-0.1, -0.05) is 6.92 Å². The number of carbonyl (C=O) groups is 2. The Hall–Kier alpha value is -1.10. The topological polar surface area (TPSA) is 60.9 Å². The van der Waals surface area contributed by atoms with E-state index in [-0.39, 0.29) is 17.9 Å². The molecule has 0 aromatic carbocycles. The zero-order chi connectivity index (χ0) is 13.0. The highest BCUT2D eigenvalue weighted by atomic mass is 16.4. The van der Waals surface area contributed by atoms with Crippen LogP contribution in [0.3, 0.4) is 0 Å². The van der Waals surface area contributed by atoms with Crippen LogP contribution in [0.15, 0.2) is 0 Å². The molecule has 1 aliphatic rings. The molecule has 1 rings (SSSR count). The van der Waals surface area contributed by atoms with Crippen LogP contribution in [0.25, 0.3) is 0 Å².